The summed E-state index contributed by atoms with van der Waals surface area (Å²) in [6, 6.07) is 12.5. The molecule has 0 aliphatic carbocycles. The van der Waals surface area contributed by atoms with E-state index >= 15 is 0 Å². The van der Waals surface area contributed by atoms with Gasteiger partial charge in [0.05, 0.1) is 29.1 Å². The smallest absolute Gasteiger partial charge is 0.348 e. The van der Waals surface area contributed by atoms with Crippen LogP contribution in [0.25, 0.3) is 22.3 Å². The molecule has 0 aliphatic heterocycles. The van der Waals surface area contributed by atoms with Gasteiger partial charge in [-0.25, -0.2) is 15.0 Å². The van der Waals surface area contributed by atoms with Crippen LogP contribution in [-0.4, -0.2) is 19.9 Å². The van der Waals surface area contributed by atoms with Gasteiger partial charge in [-0.2, -0.15) is 18.4 Å². The van der Waals surface area contributed by atoms with Gasteiger partial charge >= 0.3 is 6.18 Å². The van der Waals surface area contributed by atoms with Crippen LogP contribution in [0.15, 0.2) is 55.0 Å². The lowest BCUT2D eigenvalue weighted by Crippen LogP contribution is -2.10. The van der Waals surface area contributed by atoms with Crippen LogP contribution in [0.3, 0.4) is 0 Å². The number of H-pyrrole nitrogens is 1. The lowest BCUT2D eigenvalue weighted by Gasteiger charge is -2.15. The molecule has 0 radical (unpaired) electrons. The Hall–Kier alpha value is -3.93. The summed E-state index contributed by atoms with van der Waals surface area (Å²) in [7, 11) is 0. The number of rotatable bonds is 4. The van der Waals surface area contributed by atoms with Crippen molar-refractivity contribution in [2.45, 2.75) is 19.1 Å². The third-order valence-electron chi connectivity index (χ3n) is 4.67. The Balaban J connectivity index is 1.77. The molecule has 4 aromatic rings. The molecule has 3 heterocycles. The van der Waals surface area contributed by atoms with Gasteiger partial charge in [0.25, 0.3) is 0 Å². The first-order valence-electron chi connectivity index (χ1n) is 9.00. The number of aromatic amines is 1. The molecule has 0 fully saturated rings. The minimum atomic E-state index is -4.53. The minimum absolute atomic E-state index is 0.117. The summed E-state index contributed by atoms with van der Waals surface area (Å²) in [4.78, 5) is 15.3. The second-order valence-corrected chi connectivity index (χ2v) is 6.66. The monoisotopic (exact) mass is 408 g/mol. The maximum atomic E-state index is 13.1. The number of aromatic nitrogens is 4. The topological polar surface area (TPSA) is 90.3 Å². The first-order valence-corrected chi connectivity index (χ1v) is 9.00. The predicted octanol–water partition coefficient (Wildman–Crippen LogP) is 5.08. The summed E-state index contributed by atoms with van der Waals surface area (Å²) in [6.45, 7) is 1.93. The fourth-order valence-electron chi connectivity index (χ4n) is 3.11. The quantitative estimate of drug-likeness (QED) is 0.491. The zero-order valence-corrected chi connectivity index (χ0v) is 15.7. The number of alkyl halides is 3. The summed E-state index contributed by atoms with van der Waals surface area (Å²) < 4.78 is 39.4. The van der Waals surface area contributed by atoms with Gasteiger partial charge in [-0.05, 0) is 18.6 Å². The van der Waals surface area contributed by atoms with Crippen molar-refractivity contribution >= 4 is 17.0 Å². The second-order valence-electron chi connectivity index (χ2n) is 6.66. The molecular weight excluding hydrogens is 393 g/mol. The molecule has 0 amide bonds. The van der Waals surface area contributed by atoms with E-state index in [0.29, 0.717) is 5.56 Å². The Labute approximate surface area is 169 Å². The molecule has 1 aromatic carbocycles. The molecular formula is C21H15F3N6. The molecule has 9 heteroatoms. The van der Waals surface area contributed by atoms with Crippen molar-refractivity contribution in [2.75, 3.05) is 5.32 Å². The average molecular weight is 408 g/mol. The summed E-state index contributed by atoms with van der Waals surface area (Å²) in [6.07, 6.45) is -0.923. The summed E-state index contributed by atoms with van der Waals surface area (Å²) in [5.74, 6) is 0.259. The van der Waals surface area contributed by atoms with E-state index in [2.05, 4.69) is 25.3 Å². The van der Waals surface area contributed by atoms with Crippen LogP contribution in [0.2, 0.25) is 0 Å². The number of benzene rings is 1. The molecule has 1 unspecified atom stereocenters. The fourth-order valence-corrected chi connectivity index (χ4v) is 3.11. The summed E-state index contributed by atoms with van der Waals surface area (Å²) >= 11 is 0. The Morgan fingerprint density at radius 1 is 1.13 bits per heavy atom. The molecule has 6 nitrogen and oxygen atoms in total. The third-order valence-corrected chi connectivity index (χ3v) is 4.67. The number of halogens is 3. The minimum Gasteiger partial charge on any atom is -0.348 e. The largest absolute Gasteiger partial charge is 0.417 e. The fraction of sp³-hybridized carbons (Fsp3) is 0.143. The van der Waals surface area contributed by atoms with Crippen LogP contribution in [0, 0.1) is 11.3 Å². The standard InChI is InChI=1S/C21H15F3N6/c1-12(13-5-3-2-4-6-13)29-20-28-9-14(8-25)18(30-20)17-11-27-19-16(17)7-15(10-26-19)21(22,23)24/h2-7,9-12H,1H3,(H,26,27)(H,28,29,30). The maximum Gasteiger partial charge on any atom is 0.417 e. The highest BCUT2D eigenvalue weighted by atomic mass is 19.4. The molecule has 0 saturated heterocycles. The first kappa shape index (κ1) is 19.4. The first-order chi connectivity index (χ1) is 14.4. The highest BCUT2D eigenvalue weighted by Gasteiger charge is 2.31. The average Bonchev–Trinajstić information content (AvgIpc) is 3.17. The van der Waals surface area contributed by atoms with Crippen molar-refractivity contribution in [3.8, 4) is 17.3 Å². The van der Waals surface area contributed by atoms with Crippen molar-refractivity contribution < 1.29 is 13.2 Å². The highest BCUT2D eigenvalue weighted by molar-refractivity contribution is 5.94. The highest BCUT2D eigenvalue weighted by Crippen LogP contribution is 2.34. The van der Waals surface area contributed by atoms with Gasteiger partial charge in [0, 0.05) is 23.3 Å². The molecule has 2 N–H and O–H groups in total. The van der Waals surface area contributed by atoms with E-state index in [1.807, 2.05) is 43.3 Å². The number of hydrogen-bond acceptors (Lipinski definition) is 5. The number of fused-ring (bicyclic) bond motifs is 1. The van der Waals surface area contributed by atoms with Crippen LogP contribution in [0.4, 0.5) is 19.1 Å². The molecule has 0 aliphatic rings. The van der Waals surface area contributed by atoms with Crippen molar-refractivity contribution in [1.29, 1.82) is 5.26 Å². The number of hydrogen-bond donors (Lipinski definition) is 2. The molecule has 0 spiro atoms. The van der Waals surface area contributed by atoms with Crippen LogP contribution in [-0.2, 0) is 6.18 Å². The van der Waals surface area contributed by atoms with Gasteiger partial charge in [0.15, 0.2) is 0 Å². The van der Waals surface area contributed by atoms with E-state index in [9.17, 15) is 18.4 Å². The second kappa shape index (κ2) is 7.48. The van der Waals surface area contributed by atoms with E-state index < -0.39 is 11.7 Å². The number of nitrogens with one attached hydrogen (secondary N) is 2. The molecule has 3 aromatic heterocycles. The van der Waals surface area contributed by atoms with Gasteiger partial charge in [-0.1, -0.05) is 30.3 Å². The molecule has 0 saturated carbocycles. The number of nitrogens with zero attached hydrogens (tertiary/aromatic N) is 4. The van der Waals surface area contributed by atoms with Crippen molar-refractivity contribution in [2.24, 2.45) is 0 Å². The lowest BCUT2D eigenvalue weighted by atomic mass is 10.1. The van der Waals surface area contributed by atoms with Crippen LogP contribution < -0.4 is 5.32 Å². The van der Waals surface area contributed by atoms with Crippen LogP contribution in [0.5, 0.6) is 0 Å². The zero-order chi connectivity index (χ0) is 21.3. The molecule has 4 rings (SSSR count). The maximum absolute atomic E-state index is 13.1. The van der Waals surface area contributed by atoms with Gasteiger partial charge in [-0.3, -0.25) is 0 Å². The molecule has 1 atom stereocenters. The number of pyridine rings is 1. The van der Waals surface area contributed by atoms with E-state index in [1.54, 1.807) is 0 Å². The van der Waals surface area contributed by atoms with Crippen LogP contribution in [0.1, 0.15) is 29.7 Å². The Morgan fingerprint density at radius 2 is 1.90 bits per heavy atom. The number of anilines is 1. The van der Waals surface area contributed by atoms with Crippen molar-refractivity contribution in [3.05, 3.63) is 71.7 Å². The predicted molar refractivity (Wildman–Crippen MR) is 105 cm³/mol. The van der Waals surface area contributed by atoms with E-state index in [4.69, 9.17) is 0 Å². The van der Waals surface area contributed by atoms with E-state index in [1.165, 1.54) is 12.4 Å². The van der Waals surface area contributed by atoms with Crippen molar-refractivity contribution in [3.63, 3.8) is 0 Å². The van der Waals surface area contributed by atoms with Gasteiger partial charge in [0.2, 0.25) is 5.95 Å². The summed E-state index contributed by atoms with van der Waals surface area (Å²) in [5, 5.41) is 12.8. The zero-order valence-electron chi connectivity index (χ0n) is 15.7. The Kier molecular flexibility index (Phi) is 4.83. The molecule has 30 heavy (non-hydrogen) atoms. The van der Waals surface area contributed by atoms with Gasteiger partial charge in [0.1, 0.15) is 11.7 Å². The Bertz CT molecular complexity index is 1240. The Morgan fingerprint density at radius 3 is 2.60 bits per heavy atom. The molecule has 0 bridgehead atoms. The van der Waals surface area contributed by atoms with Crippen molar-refractivity contribution in [1.82, 2.24) is 19.9 Å². The SMILES string of the molecule is CC(Nc1ncc(C#N)c(-c2c[nH]c3ncc(C(F)(F)F)cc23)n1)c1ccccc1. The summed E-state index contributed by atoms with van der Waals surface area (Å²) in [5.41, 5.74) is 1.12. The van der Waals surface area contributed by atoms with Gasteiger partial charge in [-0.15, -0.1) is 0 Å². The normalized spacial score (nSPS) is 12.5. The number of nitriles is 1. The van der Waals surface area contributed by atoms with E-state index in [-0.39, 0.29) is 34.3 Å². The van der Waals surface area contributed by atoms with E-state index in [0.717, 1.165) is 17.8 Å². The molecule has 150 valence electrons. The van der Waals surface area contributed by atoms with Crippen LogP contribution >= 0.6 is 0 Å². The third kappa shape index (κ3) is 3.67. The lowest BCUT2D eigenvalue weighted by molar-refractivity contribution is -0.137. The van der Waals surface area contributed by atoms with Gasteiger partial charge < -0.3 is 10.3 Å².